The van der Waals surface area contributed by atoms with Gasteiger partial charge >= 0.3 is 0 Å². The van der Waals surface area contributed by atoms with Crippen LogP contribution in [0, 0.1) is 13.8 Å². The maximum atomic E-state index is 12.2. The van der Waals surface area contributed by atoms with Crippen LogP contribution in [0.5, 0.6) is 0 Å². The molecular formula is C13H13BrN2O. The highest BCUT2D eigenvalue weighted by molar-refractivity contribution is 9.10. The number of carbonyl (C=O) groups is 1. The summed E-state index contributed by atoms with van der Waals surface area (Å²) in [6, 6.07) is 5.50. The molecule has 17 heavy (non-hydrogen) atoms. The minimum atomic E-state index is -0.0377. The van der Waals surface area contributed by atoms with Crippen molar-refractivity contribution in [3.8, 4) is 0 Å². The highest BCUT2D eigenvalue weighted by Gasteiger charge is 2.13. The van der Waals surface area contributed by atoms with Crippen molar-refractivity contribution in [1.82, 2.24) is 9.78 Å². The molecule has 0 saturated carbocycles. The summed E-state index contributed by atoms with van der Waals surface area (Å²) in [5.41, 5.74) is 3.28. The van der Waals surface area contributed by atoms with Crippen LogP contribution in [0.25, 0.3) is 0 Å². The molecule has 0 radical (unpaired) electrons. The Balaban J connectivity index is 2.44. The zero-order chi connectivity index (χ0) is 12.6. The van der Waals surface area contributed by atoms with Crippen LogP contribution in [0.15, 0.2) is 28.9 Å². The lowest BCUT2D eigenvalue weighted by molar-refractivity contribution is 0.103. The Labute approximate surface area is 109 Å². The normalized spacial score (nSPS) is 10.6. The maximum absolute atomic E-state index is 12.2. The molecule has 0 fully saturated rings. The molecule has 1 heterocycles. The van der Waals surface area contributed by atoms with Gasteiger partial charge in [-0.25, -0.2) is 0 Å². The fraction of sp³-hybridized carbons (Fsp3) is 0.231. The van der Waals surface area contributed by atoms with E-state index in [4.69, 9.17) is 0 Å². The number of benzene rings is 1. The van der Waals surface area contributed by atoms with Crippen molar-refractivity contribution >= 4 is 21.7 Å². The number of carbonyl (C=O) groups excluding carboxylic acids is 1. The summed E-state index contributed by atoms with van der Waals surface area (Å²) in [4.78, 5) is 12.2. The Kier molecular flexibility index (Phi) is 3.15. The average Bonchev–Trinajstić information content (AvgIpc) is 2.71. The van der Waals surface area contributed by atoms with Crippen LogP contribution in [-0.2, 0) is 7.05 Å². The topological polar surface area (TPSA) is 34.9 Å². The third kappa shape index (κ3) is 2.31. The second-order valence-electron chi connectivity index (χ2n) is 4.13. The Morgan fingerprint density at radius 1 is 1.29 bits per heavy atom. The van der Waals surface area contributed by atoms with Gasteiger partial charge < -0.3 is 0 Å². The summed E-state index contributed by atoms with van der Waals surface area (Å²) in [6.07, 6.45) is 1.77. The molecule has 0 unspecified atom stereocenters. The quantitative estimate of drug-likeness (QED) is 0.798. The molecule has 0 N–H and O–H groups in total. The first-order chi connectivity index (χ1) is 7.99. The van der Waals surface area contributed by atoms with Crippen molar-refractivity contribution in [2.75, 3.05) is 0 Å². The molecular weight excluding hydrogens is 280 g/mol. The van der Waals surface area contributed by atoms with Gasteiger partial charge in [0.05, 0.1) is 0 Å². The number of hydrogen-bond donors (Lipinski definition) is 0. The van der Waals surface area contributed by atoms with E-state index in [1.807, 2.05) is 26.0 Å². The summed E-state index contributed by atoms with van der Waals surface area (Å²) in [6.45, 7) is 3.96. The fourth-order valence-corrected chi connectivity index (χ4v) is 1.99. The molecule has 3 nitrogen and oxygen atoms in total. The van der Waals surface area contributed by atoms with Crippen molar-refractivity contribution in [3.63, 3.8) is 0 Å². The first kappa shape index (κ1) is 12.0. The van der Waals surface area contributed by atoms with E-state index in [9.17, 15) is 4.79 Å². The third-order valence-electron chi connectivity index (χ3n) is 2.64. The molecule has 2 aromatic rings. The molecule has 0 atom stereocenters. The van der Waals surface area contributed by atoms with Gasteiger partial charge in [0.25, 0.3) is 0 Å². The number of nitrogens with zero attached hydrogens (tertiary/aromatic N) is 2. The summed E-state index contributed by atoms with van der Waals surface area (Å²) in [7, 11) is 1.80. The lowest BCUT2D eigenvalue weighted by Gasteiger charge is -2.06. The highest BCUT2D eigenvalue weighted by atomic mass is 79.9. The minimum absolute atomic E-state index is 0.0377. The second-order valence-corrected chi connectivity index (χ2v) is 4.92. The molecule has 0 saturated heterocycles. The fourth-order valence-electron chi connectivity index (χ4n) is 1.76. The van der Waals surface area contributed by atoms with Crippen LogP contribution in [0.4, 0.5) is 0 Å². The molecule has 0 aliphatic heterocycles. The summed E-state index contributed by atoms with van der Waals surface area (Å²) < 4.78 is 2.68. The van der Waals surface area contributed by atoms with Gasteiger partial charge in [-0.15, -0.1) is 0 Å². The largest absolute Gasteiger partial charge is 0.287 e. The molecule has 0 aliphatic rings. The molecule has 0 spiro atoms. The minimum Gasteiger partial charge on any atom is -0.287 e. The predicted molar refractivity (Wildman–Crippen MR) is 70.3 cm³/mol. The average molecular weight is 293 g/mol. The number of rotatable bonds is 2. The van der Waals surface area contributed by atoms with Crippen molar-refractivity contribution in [1.29, 1.82) is 0 Å². The Morgan fingerprint density at radius 3 is 2.35 bits per heavy atom. The van der Waals surface area contributed by atoms with Crippen LogP contribution >= 0.6 is 15.9 Å². The zero-order valence-corrected chi connectivity index (χ0v) is 11.6. The van der Waals surface area contributed by atoms with Crippen molar-refractivity contribution in [2.45, 2.75) is 13.8 Å². The Morgan fingerprint density at radius 2 is 1.88 bits per heavy atom. The van der Waals surface area contributed by atoms with Crippen molar-refractivity contribution in [2.24, 2.45) is 7.05 Å². The van der Waals surface area contributed by atoms with Crippen LogP contribution < -0.4 is 0 Å². The second kappa shape index (κ2) is 4.45. The number of halogens is 1. The number of ketones is 1. The van der Waals surface area contributed by atoms with Crippen molar-refractivity contribution < 1.29 is 4.79 Å². The van der Waals surface area contributed by atoms with E-state index in [1.54, 1.807) is 24.0 Å². The first-order valence-corrected chi connectivity index (χ1v) is 6.09. The first-order valence-electron chi connectivity index (χ1n) is 5.30. The molecule has 88 valence electrons. The van der Waals surface area contributed by atoms with Gasteiger partial charge in [0, 0.05) is 23.3 Å². The van der Waals surface area contributed by atoms with Gasteiger partial charge in [0.1, 0.15) is 5.69 Å². The number of hydrogen-bond acceptors (Lipinski definition) is 2. The van der Waals surface area contributed by atoms with Crippen LogP contribution in [-0.4, -0.2) is 15.6 Å². The van der Waals surface area contributed by atoms with E-state index in [0.717, 1.165) is 15.6 Å². The molecule has 0 aliphatic carbocycles. The Bertz CT molecular complexity index is 564. The molecule has 2 rings (SSSR count). The van der Waals surface area contributed by atoms with Crippen molar-refractivity contribution in [3.05, 3.63) is 51.3 Å². The molecule has 1 aromatic heterocycles. The van der Waals surface area contributed by atoms with Gasteiger partial charge in [0.15, 0.2) is 0 Å². The maximum Gasteiger partial charge on any atom is 0.213 e. The number of aromatic nitrogens is 2. The van der Waals surface area contributed by atoms with E-state index >= 15 is 0 Å². The molecule has 1 aromatic carbocycles. The third-order valence-corrected chi connectivity index (χ3v) is 3.90. The van der Waals surface area contributed by atoms with Gasteiger partial charge in [-0.05, 0) is 43.2 Å². The number of aryl methyl sites for hydroxylation is 3. The van der Waals surface area contributed by atoms with Gasteiger partial charge in [0.2, 0.25) is 5.78 Å². The van der Waals surface area contributed by atoms with E-state index in [2.05, 4.69) is 21.0 Å². The highest BCUT2D eigenvalue weighted by Crippen LogP contribution is 2.23. The monoisotopic (exact) mass is 292 g/mol. The van der Waals surface area contributed by atoms with E-state index in [1.165, 1.54) is 0 Å². The van der Waals surface area contributed by atoms with E-state index in [-0.39, 0.29) is 5.78 Å². The zero-order valence-electron chi connectivity index (χ0n) is 9.99. The summed E-state index contributed by atoms with van der Waals surface area (Å²) >= 11 is 3.49. The van der Waals surface area contributed by atoms with Crippen LogP contribution in [0.3, 0.4) is 0 Å². The molecule has 0 bridgehead atoms. The molecule has 4 heteroatoms. The van der Waals surface area contributed by atoms with Crippen LogP contribution in [0.1, 0.15) is 27.2 Å². The SMILES string of the molecule is Cc1cc(C(=O)c2ccn(C)n2)cc(C)c1Br. The van der Waals surface area contributed by atoms with Gasteiger partial charge in [-0.3, -0.25) is 9.48 Å². The standard InChI is InChI=1S/C13H13BrN2O/c1-8-6-10(7-9(2)12(8)14)13(17)11-4-5-16(3)15-11/h4-7H,1-3H3. The summed E-state index contributed by atoms with van der Waals surface area (Å²) in [5, 5.41) is 4.12. The predicted octanol–water partition coefficient (Wildman–Crippen LogP) is 3.03. The van der Waals surface area contributed by atoms with Gasteiger partial charge in [-0.1, -0.05) is 15.9 Å². The smallest absolute Gasteiger partial charge is 0.213 e. The Hall–Kier alpha value is -1.42. The van der Waals surface area contributed by atoms with Crippen LogP contribution in [0.2, 0.25) is 0 Å². The molecule has 0 amide bonds. The van der Waals surface area contributed by atoms with E-state index in [0.29, 0.717) is 11.3 Å². The lowest BCUT2D eigenvalue weighted by Crippen LogP contribution is -2.04. The van der Waals surface area contributed by atoms with Gasteiger partial charge in [-0.2, -0.15) is 5.10 Å². The van der Waals surface area contributed by atoms with E-state index < -0.39 is 0 Å². The summed E-state index contributed by atoms with van der Waals surface area (Å²) in [5.74, 6) is -0.0377. The lowest BCUT2D eigenvalue weighted by atomic mass is 10.0.